The second kappa shape index (κ2) is 5.81. The van der Waals surface area contributed by atoms with Crippen LogP contribution in [-0.4, -0.2) is 41.9 Å². The smallest absolute Gasteiger partial charge is 0.342 e. The largest absolute Gasteiger partial charge is 0.351 e. The third-order valence-corrected chi connectivity index (χ3v) is 3.41. The molecular formula is C11H19N5O2. The second-order valence-corrected chi connectivity index (χ2v) is 4.65. The molecule has 7 nitrogen and oxygen atoms in total. The van der Waals surface area contributed by atoms with Crippen molar-refractivity contribution in [2.24, 2.45) is 5.92 Å². The molecule has 100 valence electrons. The highest BCUT2D eigenvalue weighted by Crippen LogP contribution is 2.21. The monoisotopic (exact) mass is 253 g/mol. The van der Waals surface area contributed by atoms with Crippen LogP contribution in [0.1, 0.15) is 19.3 Å². The number of anilines is 1. The van der Waals surface area contributed by atoms with Gasteiger partial charge < -0.3 is 10.2 Å². The van der Waals surface area contributed by atoms with Gasteiger partial charge in [0.2, 0.25) is 5.82 Å². The summed E-state index contributed by atoms with van der Waals surface area (Å²) in [6, 6.07) is 0. The Morgan fingerprint density at radius 3 is 2.72 bits per heavy atom. The van der Waals surface area contributed by atoms with Crippen LogP contribution in [0.5, 0.6) is 0 Å². The lowest BCUT2D eigenvalue weighted by molar-refractivity contribution is 0.376. The van der Waals surface area contributed by atoms with Gasteiger partial charge in [0, 0.05) is 13.1 Å². The van der Waals surface area contributed by atoms with Crippen LogP contribution in [0.3, 0.4) is 0 Å². The average Bonchev–Trinajstić information content (AvgIpc) is 2.37. The Kier molecular flexibility index (Phi) is 4.14. The van der Waals surface area contributed by atoms with Crippen LogP contribution >= 0.6 is 0 Å². The molecule has 1 aromatic heterocycles. The van der Waals surface area contributed by atoms with E-state index in [9.17, 15) is 9.59 Å². The number of nitrogens with one attached hydrogen (secondary N) is 3. The first-order valence-corrected chi connectivity index (χ1v) is 6.29. The molecule has 0 radical (unpaired) electrons. The molecule has 1 aromatic rings. The standard InChI is InChI=1S/C11H19N5O2/c1-12-5-2-8-3-6-16(7-4-8)9-10(17)13-11(18)15-14-9/h8,12H,2-7H2,1H3,(H2,13,15,17,18). The third kappa shape index (κ3) is 2.98. The van der Waals surface area contributed by atoms with Gasteiger partial charge in [-0.25, -0.2) is 9.89 Å². The van der Waals surface area contributed by atoms with Gasteiger partial charge in [0.1, 0.15) is 0 Å². The lowest BCUT2D eigenvalue weighted by atomic mass is 9.93. The predicted molar refractivity (Wildman–Crippen MR) is 69.0 cm³/mol. The highest BCUT2D eigenvalue weighted by Gasteiger charge is 2.21. The summed E-state index contributed by atoms with van der Waals surface area (Å²) in [6.45, 7) is 2.66. The minimum Gasteiger partial charge on any atom is -0.351 e. The summed E-state index contributed by atoms with van der Waals surface area (Å²) in [5.41, 5.74) is -0.972. The molecule has 0 atom stereocenters. The molecule has 0 bridgehead atoms. The van der Waals surface area contributed by atoms with Crippen molar-refractivity contribution in [3.63, 3.8) is 0 Å². The molecule has 1 saturated heterocycles. The van der Waals surface area contributed by atoms with Crippen molar-refractivity contribution in [3.05, 3.63) is 20.8 Å². The molecule has 3 N–H and O–H groups in total. The minimum absolute atomic E-state index is 0.321. The number of aromatic nitrogens is 3. The molecule has 0 saturated carbocycles. The Hall–Kier alpha value is -1.63. The van der Waals surface area contributed by atoms with Gasteiger partial charge in [0.05, 0.1) is 0 Å². The fourth-order valence-corrected chi connectivity index (χ4v) is 2.34. The van der Waals surface area contributed by atoms with E-state index in [0.717, 1.165) is 32.5 Å². The first kappa shape index (κ1) is 12.8. The van der Waals surface area contributed by atoms with Gasteiger partial charge >= 0.3 is 5.69 Å². The van der Waals surface area contributed by atoms with Crippen LogP contribution in [0.15, 0.2) is 9.59 Å². The predicted octanol–water partition coefficient (Wildman–Crippen LogP) is -0.716. The molecule has 1 fully saturated rings. The lowest BCUT2D eigenvalue weighted by Gasteiger charge is -2.31. The Balaban J connectivity index is 1.97. The minimum atomic E-state index is -0.562. The summed E-state index contributed by atoms with van der Waals surface area (Å²) in [5, 5.41) is 9.24. The van der Waals surface area contributed by atoms with Crippen LogP contribution in [0.25, 0.3) is 0 Å². The average molecular weight is 253 g/mol. The molecule has 1 aliphatic heterocycles. The van der Waals surface area contributed by atoms with E-state index < -0.39 is 11.2 Å². The first-order chi connectivity index (χ1) is 8.70. The fraction of sp³-hybridized carbons (Fsp3) is 0.727. The van der Waals surface area contributed by atoms with Crippen molar-refractivity contribution < 1.29 is 0 Å². The fourth-order valence-electron chi connectivity index (χ4n) is 2.34. The van der Waals surface area contributed by atoms with Crippen LogP contribution in [0.4, 0.5) is 5.82 Å². The van der Waals surface area contributed by atoms with Crippen LogP contribution < -0.4 is 21.5 Å². The molecule has 7 heteroatoms. The molecule has 0 aliphatic carbocycles. The molecule has 1 aliphatic rings. The van der Waals surface area contributed by atoms with Crippen molar-refractivity contribution in [1.82, 2.24) is 20.5 Å². The highest BCUT2D eigenvalue weighted by molar-refractivity contribution is 5.34. The maximum absolute atomic E-state index is 11.6. The molecule has 2 rings (SSSR count). The number of nitrogens with zero attached hydrogens (tertiary/aromatic N) is 2. The number of H-pyrrole nitrogens is 2. The van der Waals surface area contributed by atoms with E-state index >= 15 is 0 Å². The van der Waals surface area contributed by atoms with E-state index in [4.69, 9.17) is 0 Å². The van der Waals surface area contributed by atoms with Gasteiger partial charge in [-0.15, -0.1) is 5.10 Å². The summed E-state index contributed by atoms with van der Waals surface area (Å²) >= 11 is 0. The molecule has 0 spiro atoms. The summed E-state index contributed by atoms with van der Waals surface area (Å²) in [7, 11) is 1.96. The SMILES string of the molecule is CNCCC1CCN(c2n[nH]c(=O)[nH]c2=O)CC1. The van der Waals surface area contributed by atoms with Gasteiger partial charge in [-0.3, -0.25) is 9.78 Å². The maximum atomic E-state index is 11.6. The molecule has 0 aromatic carbocycles. The van der Waals surface area contributed by atoms with Crippen LogP contribution in [0, 0.1) is 5.92 Å². The highest BCUT2D eigenvalue weighted by atomic mass is 16.2. The van der Waals surface area contributed by atoms with Crippen LogP contribution in [-0.2, 0) is 0 Å². The van der Waals surface area contributed by atoms with Gasteiger partial charge in [0.15, 0.2) is 0 Å². The third-order valence-electron chi connectivity index (χ3n) is 3.41. The van der Waals surface area contributed by atoms with Crippen molar-refractivity contribution >= 4 is 5.82 Å². The van der Waals surface area contributed by atoms with E-state index in [-0.39, 0.29) is 0 Å². The van der Waals surface area contributed by atoms with E-state index in [0.29, 0.717) is 11.7 Å². The normalized spacial score (nSPS) is 17.1. The number of piperidine rings is 1. The van der Waals surface area contributed by atoms with Crippen molar-refractivity contribution in [2.75, 3.05) is 31.6 Å². The zero-order chi connectivity index (χ0) is 13.0. The molecule has 18 heavy (non-hydrogen) atoms. The quantitative estimate of drug-likeness (QED) is 0.658. The van der Waals surface area contributed by atoms with E-state index in [1.807, 2.05) is 11.9 Å². The zero-order valence-electron chi connectivity index (χ0n) is 10.5. The second-order valence-electron chi connectivity index (χ2n) is 4.65. The summed E-state index contributed by atoms with van der Waals surface area (Å²) in [4.78, 5) is 26.6. The summed E-state index contributed by atoms with van der Waals surface area (Å²) in [6.07, 6.45) is 3.28. The maximum Gasteiger partial charge on any atom is 0.342 e. The number of hydrogen-bond donors (Lipinski definition) is 3. The Labute approximate surface area is 105 Å². The summed E-state index contributed by atoms with van der Waals surface area (Å²) in [5.74, 6) is 1.03. The van der Waals surface area contributed by atoms with Crippen molar-refractivity contribution in [1.29, 1.82) is 0 Å². The van der Waals surface area contributed by atoms with Gasteiger partial charge in [-0.2, -0.15) is 0 Å². The number of rotatable bonds is 4. The molecule has 0 amide bonds. The van der Waals surface area contributed by atoms with Gasteiger partial charge in [-0.05, 0) is 38.8 Å². The number of hydrogen-bond acceptors (Lipinski definition) is 5. The Morgan fingerprint density at radius 2 is 2.11 bits per heavy atom. The van der Waals surface area contributed by atoms with Crippen molar-refractivity contribution in [2.45, 2.75) is 19.3 Å². The van der Waals surface area contributed by atoms with E-state index in [1.165, 1.54) is 6.42 Å². The van der Waals surface area contributed by atoms with Crippen molar-refractivity contribution in [3.8, 4) is 0 Å². The van der Waals surface area contributed by atoms with E-state index in [1.54, 1.807) is 0 Å². The zero-order valence-corrected chi connectivity index (χ0v) is 10.5. The Bertz CT molecular complexity index is 487. The number of aromatic amines is 2. The molecular weight excluding hydrogens is 234 g/mol. The lowest BCUT2D eigenvalue weighted by Crippen LogP contribution is -2.40. The van der Waals surface area contributed by atoms with E-state index in [2.05, 4.69) is 20.5 Å². The topological polar surface area (TPSA) is 93.9 Å². The summed E-state index contributed by atoms with van der Waals surface area (Å²) < 4.78 is 0. The Morgan fingerprint density at radius 1 is 1.39 bits per heavy atom. The first-order valence-electron chi connectivity index (χ1n) is 6.29. The molecule has 2 heterocycles. The van der Waals surface area contributed by atoms with Crippen LogP contribution in [0.2, 0.25) is 0 Å². The molecule has 0 unspecified atom stereocenters. The van der Waals surface area contributed by atoms with Gasteiger partial charge in [-0.1, -0.05) is 0 Å². The van der Waals surface area contributed by atoms with Gasteiger partial charge in [0.25, 0.3) is 5.56 Å².